The number of benzene rings is 1. The van der Waals surface area contributed by atoms with Gasteiger partial charge in [-0.3, -0.25) is 9.59 Å². The molecule has 3 N–H and O–H groups in total. The summed E-state index contributed by atoms with van der Waals surface area (Å²) in [7, 11) is 1.57. The Hall–Kier alpha value is -5.35. The molecule has 10 nitrogen and oxygen atoms in total. The first-order valence-corrected chi connectivity index (χ1v) is 16.8. The molecule has 0 spiro atoms. The molecule has 1 saturated heterocycles. The number of rotatable bonds is 11. The first kappa shape index (κ1) is 33.5. The second kappa shape index (κ2) is 15.3. The summed E-state index contributed by atoms with van der Waals surface area (Å²) >= 11 is 0. The smallest absolute Gasteiger partial charge is 0.257 e. The summed E-state index contributed by atoms with van der Waals surface area (Å²) in [5.74, 6) is 1.04. The third-order valence-electron chi connectivity index (χ3n) is 9.39. The number of ether oxygens (including phenoxy) is 2. The molecule has 1 fully saturated rings. The van der Waals surface area contributed by atoms with E-state index in [-0.39, 0.29) is 29.7 Å². The van der Waals surface area contributed by atoms with E-state index in [1.165, 1.54) is 11.1 Å². The number of imidazole rings is 1. The van der Waals surface area contributed by atoms with Crippen molar-refractivity contribution in [2.24, 2.45) is 11.8 Å². The van der Waals surface area contributed by atoms with Gasteiger partial charge in [-0.15, -0.1) is 0 Å². The number of amides is 2. The van der Waals surface area contributed by atoms with Gasteiger partial charge in [0.2, 0.25) is 0 Å². The lowest BCUT2D eigenvalue weighted by atomic mass is 9.79. The van der Waals surface area contributed by atoms with Gasteiger partial charge in [0, 0.05) is 73.0 Å². The Morgan fingerprint density at radius 1 is 1.16 bits per heavy atom. The summed E-state index contributed by atoms with van der Waals surface area (Å²) in [6.07, 6.45) is 23.2. The Morgan fingerprint density at radius 3 is 2.71 bits per heavy atom. The van der Waals surface area contributed by atoms with Gasteiger partial charge in [-0.05, 0) is 66.7 Å². The summed E-state index contributed by atoms with van der Waals surface area (Å²) in [6.45, 7) is 10.4. The lowest BCUT2D eigenvalue weighted by Crippen LogP contribution is -2.40. The van der Waals surface area contributed by atoms with Crippen LogP contribution < -0.4 is 15.4 Å². The van der Waals surface area contributed by atoms with Crippen LogP contribution >= 0.6 is 0 Å². The average Bonchev–Trinajstić information content (AvgIpc) is 3.84. The summed E-state index contributed by atoms with van der Waals surface area (Å²) in [5, 5.41) is 6.66. The van der Waals surface area contributed by atoms with Crippen LogP contribution in [0.1, 0.15) is 54.5 Å². The van der Waals surface area contributed by atoms with Crippen molar-refractivity contribution < 1.29 is 19.1 Å². The van der Waals surface area contributed by atoms with Crippen molar-refractivity contribution in [3.05, 3.63) is 126 Å². The average molecular weight is 661 g/mol. The molecule has 3 atom stereocenters. The molecular weight excluding hydrogens is 616 g/mol. The number of H-pyrrole nitrogens is 1. The van der Waals surface area contributed by atoms with Crippen LogP contribution in [0.5, 0.6) is 5.75 Å². The van der Waals surface area contributed by atoms with E-state index in [1.807, 2.05) is 72.7 Å². The maximum Gasteiger partial charge on any atom is 0.257 e. The molecule has 3 aromatic rings. The number of allylic oxidation sites excluding steroid dienone is 9. The predicted octanol–water partition coefficient (Wildman–Crippen LogP) is 6.52. The second-order valence-corrected chi connectivity index (χ2v) is 12.5. The van der Waals surface area contributed by atoms with Crippen LogP contribution in [0.4, 0.5) is 5.69 Å². The molecule has 0 saturated carbocycles. The van der Waals surface area contributed by atoms with E-state index in [1.54, 1.807) is 24.3 Å². The quantitative estimate of drug-likeness (QED) is 0.202. The second-order valence-electron chi connectivity index (χ2n) is 12.5. The molecule has 1 aromatic carbocycles. The number of carbonyl (C=O) groups excluding carboxylic acids is 2. The van der Waals surface area contributed by atoms with Gasteiger partial charge in [0.25, 0.3) is 11.8 Å². The zero-order valence-electron chi connectivity index (χ0n) is 28.3. The highest BCUT2D eigenvalue weighted by molar-refractivity contribution is 5.97. The SMILES string of the molecule is C=C/C(=C\n1ccnc1C(C)Nc1ccc(C(=O)N2CCOCC2)c(OC)c1)C1C=CC=C(C(=O)NC2=CC=C(c3cc[nH]c3)CC2)C1C. The van der Waals surface area contributed by atoms with Crippen molar-refractivity contribution in [3.8, 4) is 5.75 Å². The number of nitrogens with one attached hydrogen (secondary N) is 3. The van der Waals surface area contributed by atoms with Gasteiger partial charge in [-0.25, -0.2) is 4.98 Å². The molecule has 254 valence electrons. The first-order chi connectivity index (χ1) is 23.9. The number of aromatic amines is 1. The van der Waals surface area contributed by atoms with Gasteiger partial charge in [-0.2, -0.15) is 0 Å². The zero-order chi connectivity index (χ0) is 34.3. The fraction of sp³-hybridized carbons (Fsp3) is 0.308. The lowest BCUT2D eigenvalue weighted by Gasteiger charge is -2.28. The predicted molar refractivity (Wildman–Crippen MR) is 193 cm³/mol. The Bertz CT molecular complexity index is 1840. The first-order valence-electron chi connectivity index (χ1n) is 16.8. The Labute approximate surface area is 287 Å². The lowest BCUT2D eigenvalue weighted by molar-refractivity contribution is -0.117. The highest BCUT2D eigenvalue weighted by atomic mass is 16.5. The maximum atomic E-state index is 13.5. The highest BCUT2D eigenvalue weighted by Gasteiger charge is 2.28. The van der Waals surface area contributed by atoms with Crippen molar-refractivity contribution in [2.75, 3.05) is 38.7 Å². The summed E-state index contributed by atoms with van der Waals surface area (Å²) in [6, 6.07) is 7.41. The van der Waals surface area contributed by atoms with Gasteiger partial charge in [0.15, 0.2) is 0 Å². The molecule has 3 aliphatic rings. The van der Waals surface area contributed by atoms with E-state index >= 15 is 0 Å². The van der Waals surface area contributed by atoms with E-state index < -0.39 is 0 Å². The number of anilines is 1. The zero-order valence-corrected chi connectivity index (χ0v) is 28.3. The Balaban J connectivity index is 1.13. The monoisotopic (exact) mass is 660 g/mol. The van der Waals surface area contributed by atoms with Gasteiger partial charge in [0.05, 0.1) is 31.9 Å². The Morgan fingerprint density at radius 2 is 2.00 bits per heavy atom. The molecular formula is C39H44N6O4. The molecule has 2 aromatic heterocycles. The minimum absolute atomic E-state index is 0.0528. The molecule has 49 heavy (non-hydrogen) atoms. The van der Waals surface area contributed by atoms with Gasteiger partial charge in [0.1, 0.15) is 11.6 Å². The molecule has 1 aliphatic heterocycles. The van der Waals surface area contributed by atoms with Crippen molar-refractivity contribution in [1.29, 1.82) is 0 Å². The molecule has 3 heterocycles. The topological polar surface area (TPSA) is 114 Å². The van der Waals surface area contributed by atoms with Crippen LogP contribution in [0.15, 0.2) is 109 Å². The fourth-order valence-electron chi connectivity index (χ4n) is 6.61. The molecule has 0 bridgehead atoms. The number of carbonyl (C=O) groups is 2. The molecule has 2 amide bonds. The van der Waals surface area contributed by atoms with Gasteiger partial charge < -0.3 is 34.6 Å². The largest absolute Gasteiger partial charge is 0.496 e. The summed E-state index contributed by atoms with van der Waals surface area (Å²) in [5.41, 5.74) is 6.38. The van der Waals surface area contributed by atoms with Crippen molar-refractivity contribution >= 4 is 29.3 Å². The number of aromatic nitrogens is 3. The number of hydrogen-bond acceptors (Lipinski definition) is 6. The Kier molecular flexibility index (Phi) is 10.4. The van der Waals surface area contributed by atoms with Crippen molar-refractivity contribution in [2.45, 2.75) is 32.7 Å². The molecule has 0 radical (unpaired) electrons. The summed E-state index contributed by atoms with van der Waals surface area (Å²) < 4.78 is 13.0. The highest BCUT2D eigenvalue weighted by Crippen LogP contribution is 2.34. The van der Waals surface area contributed by atoms with Gasteiger partial charge in [-0.1, -0.05) is 43.9 Å². The van der Waals surface area contributed by atoms with Crippen LogP contribution in [0.2, 0.25) is 0 Å². The minimum Gasteiger partial charge on any atom is -0.496 e. The van der Waals surface area contributed by atoms with E-state index in [0.29, 0.717) is 37.6 Å². The number of hydrogen-bond donors (Lipinski definition) is 3. The molecule has 10 heteroatoms. The standard InChI is InChI=1S/C39H44N6O4/c1-5-28(33-7-6-8-34(26(33)2)38(46)43-31-11-9-29(10-12-31)30-15-16-40-24-30)25-45-18-17-41-37(45)27(3)42-32-13-14-35(36(23-32)48-4)39(47)44-19-21-49-22-20-44/h5-9,11,13-18,23-27,33,40,42H,1,10,12,19-22H2,2-4H3,(H,43,46)/b28-25+. The van der Waals surface area contributed by atoms with Crippen LogP contribution in [0.25, 0.3) is 11.8 Å². The van der Waals surface area contributed by atoms with Crippen LogP contribution in [-0.4, -0.2) is 64.7 Å². The third kappa shape index (κ3) is 7.54. The number of methoxy groups -OCH3 is 1. The fourth-order valence-corrected chi connectivity index (χ4v) is 6.61. The molecule has 6 rings (SSSR count). The van der Waals surface area contributed by atoms with Crippen LogP contribution in [0.3, 0.4) is 0 Å². The maximum absolute atomic E-state index is 13.5. The van der Waals surface area contributed by atoms with Crippen LogP contribution in [0, 0.1) is 11.8 Å². The molecule has 2 aliphatic carbocycles. The van der Waals surface area contributed by atoms with Crippen LogP contribution in [-0.2, 0) is 9.53 Å². The summed E-state index contributed by atoms with van der Waals surface area (Å²) in [4.78, 5) is 36.2. The van der Waals surface area contributed by atoms with Crippen molar-refractivity contribution in [1.82, 2.24) is 24.8 Å². The number of nitrogens with zero attached hydrogens (tertiary/aromatic N) is 3. The normalized spacial score (nSPS) is 20.1. The molecule has 3 unspecified atom stereocenters. The van der Waals surface area contributed by atoms with Gasteiger partial charge >= 0.3 is 0 Å². The van der Waals surface area contributed by atoms with Crippen molar-refractivity contribution in [3.63, 3.8) is 0 Å². The minimum atomic E-state index is -0.182. The van der Waals surface area contributed by atoms with E-state index in [9.17, 15) is 9.59 Å². The third-order valence-corrected chi connectivity index (χ3v) is 9.39. The number of morpholine rings is 1. The van der Waals surface area contributed by atoms with E-state index in [4.69, 9.17) is 9.47 Å². The van der Waals surface area contributed by atoms with E-state index in [0.717, 1.165) is 41.2 Å². The van der Waals surface area contributed by atoms with E-state index in [2.05, 4.69) is 52.3 Å².